The van der Waals surface area contributed by atoms with Crippen molar-refractivity contribution >= 4 is 16.7 Å². The molecular weight excluding hydrogens is 384 g/mol. The van der Waals surface area contributed by atoms with Crippen molar-refractivity contribution in [2.24, 2.45) is 0 Å². The number of piperazine rings is 1. The molecule has 2 heterocycles. The van der Waals surface area contributed by atoms with Crippen LogP contribution in [0.2, 0.25) is 0 Å². The molecule has 1 fully saturated rings. The number of fused-ring (bicyclic) bond motifs is 1. The van der Waals surface area contributed by atoms with Crippen molar-refractivity contribution in [2.45, 2.75) is 26.4 Å². The molecule has 0 spiro atoms. The van der Waals surface area contributed by atoms with Crippen molar-refractivity contribution in [3.63, 3.8) is 0 Å². The lowest BCUT2D eigenvalue weighted by Gasteiger charge is -2.35. The second-order valence-electron chi connectivity index (χ2n) is 8.13. The molecule has 156 valence electrons. The molecule has 1 N–H and O–H groups in total. The van der Waals surface area contributed by atoms with Gasteiger partial charge in [0.05, 0.1) is 11.4 Å². The van der Waals surface area contributed by atoms with Crippen LogP contribution < -0.4 is 5.32 Å². The lowest BCUT2D eigenvalue weighted by atomic mass is 9.98. The number of hydrogen-bond donors (Lipinski definition) is 1. The number of amides is 1. The predicted octanol–water partition coefficient (Wildman–Crippen LogP) is 4.32. The largest absolute Gasteiger partial charge is 0.353 e. The number of nitrogens with one attached hydrogen (secondary N) is 1. The van der Waals surface area contributed by atoms with Gasteiger partial charge in [0.25, 0.3) is 0 Å². The Morgan fingerprint density at radius 2 is 1.71 bits per heavy atom. The first kappa shape index (κ1) is 19.5. The van der Waals surface area contributed by atoms with Crippen LogP contribution in [0.25, 0.3) is 16.5 Å². The number of para-hydroxylation sites is 1. The Morgan fingerprint density at radius 3 is 2.55 bits per heavy atom. The average Bonchev–Trinajstić information content (AvgIpc) is 3.09. The number of carbonyl (C=O) groups is 1. The van der Waals surface area contributed by atoms with E-state index in [1.807, 2.05) is 41.9 Å². The highest BCUT2D eigenvalue weighted by molar-refractivity contribution is 5.86. The van der Waals surface area contributed by atoms with Gasteiger partial charge in [-0.3, -0.25) is 9.69 Å². The maximum absolute atomic E-state index is 13.1. The average molecular weight is 411 g/mol. The van der Waals surface area contributed by atoms with Crippen LogP contribution in [-0.4, -0.2) is 33.7 Å². The van der Waals surface area contributed by atoms with Crippen LogP contribution in [-0.2, 0) is 11.3 Å². The molecule has 5 heteroatoms. The van der Waals surface area contributed by atoms with Gasteiger partial charge in [-0.1, -0.05) is 60.7 Å². The van der Waals surface area contributed by atoms with E-state index in [0.29, 0.717) is 6.54 Å². The first-order chi connectivity index (χ1) is 15.1. The minimum Gasteiger partial charge on any atom is -0.353 e. The molecule has 0 unspecified atom stereocenters. The molecule has 0 bridgehead atoms. The van der Waals surface area contributed by atoms with Crippen molar-refractivity contribution < 1.29 is 4.79 Å². The van der Waals surface area contributed by atoms with Crippen molar-refractivity contribution in [1.29, 1.82) is 0 Å². The van der Waals surface area contributed by atoms with Gasteiger partial charge in [-0.05, 0) is 42.3 Å². The number of nitrogens with zero attached hydrogens (tertiary/aromatic N) is 3. The summed E-state index contributed by atoms with van der Waals surface area (Å²) in [7, 11) is 0. The van der Waals surface area contributed by atoms with E-state index in [1.54, 1.807) is 0 Å². The standard InChI is InChI=1S/C26H26N4O/c1-18-24(19(2)30(28-18)22-12-4-3-5-13-22)25-26(31)27-15-16-29(25)17-21-11-8-10-20-9-6-7-14-23(20)21/h3-14,25H,15-17H2,1-2H3,(H,27,31)/t25-/m1/s1. The third kappa shape index (κ3) is 3.51. The fourth-order valence-electron chi connectivity index (χ4n) is 4.72. The molecule has 5 nitrogen and oxygen atoms in total. The van der Waals surface area contributed by atoms with Gasteiger partial charge in [0.2, 0.25) is 5.91 Å². The Hall–Kier alpha value is -3.44. The summed E-state index contributed by atoms with van der Waals surface area (Å²) in [6.07, 6.45) is 0. The lowest BCUT2D eigenvalue weighted by molar-refractivity contribution is -0.129. The van der Waals surface area contributed by atoms with Gasteiger partial charge in [0.1, 0.15) is 6.04 Å². The predicted molar refractivity (Wildman–Crippen MR) is 123 cm³/mol. The van der Waals surface area contributed by atoms with Gasteiger partial charge >= 0.3 is 0 Å². The van der Waals surface area contributed by atoms with Gasteiger partial charge in [0, 0.05) is 30.9 Å². The normalized spacial score (nSPS) is 17.1. The van der Waals surface area contributed by atoms with Crippen molar-refractivity contribution in [1.82, 2.24) is 20.0 Å². The first-order valence-electron chi connectivity index (χ1n) is 10.7. The quantitative estimate of drug-likeness (QED) is 0.545. The van der Waals surface area contributed by atoms with Crippen LogP contribution in [0.15, 0.2) is 72.8 Å². The molecule has 1 saturated heterocycles. The summed E-state index contributed by atoms with van der Waals surface area (Å²) in [6.45, 7) is 6.23. The van der Waals surface area contributed by atoms with E-state index in [2.05, 4.69) is 59.6 Å². The van der Waals surface area contributed by atoms with Crippen molar-refractivity contribution in [2.75, 3.05) is 13.1 Å². The maximum atomic E-state index is 13.1. The van der Waals surface area contributed by atoms with Gasteiger partial charge in [-0.15, -0.1) is 0 Å². The minimum absolute atomic E-state index is 0.0466. The summed E-state index contributed by atoms with van der Waals surface area (Å²) in [6, 6.07) is 24.6. The number of hydrogen-bond acceptors (Lipinski definition) is 3. The molecule has 1 amide bonds. The number of rotatable bonds is 4. The molecule has 0 aliphatic carbocycles. The Balaban J connectivity index is 1.56. The Morgan fingerprint density at radius 1 is 0.968 bits per heavy atom. The number of carbonyl (C=O) groups excluding carboxylic acids is 1. The zero-order valence-electron chi connectivity index (χ0n) is 17.9. The first-order valence-corrected chi connectivity index (χ1v) is 10.7. The lowest BCUT2D eigenvalue weighted by Crippen LogP contribution is -2.49. The van der Waals surface area contributed by atoms with E-state index >= 15 is 0 Å². The van der Waals surface area contributed by atoms with E-state index in [0.717, 1.165) is 35.7 Å². The third-order valence-corrected chi connectivity index (χ3v) is 6.19. The van der Waals surface area contributed by atoms with Crippen LogP contribution in [0.5, 0.6) is 0 Å². The highest BCUT2D eigenvalue weighted by Crippen LogP contribution is 2.32. The Labute approximate surface area is 182 Å². The number of benzene rings is 3. The van der Waals surface area contributed by atoms with Crippen LogP contribution in [0.1, 0.15) is 28.6 Å². The summed E-state index contributed by atoms with van der Waals surface area (Å²) in [5, 5.41) is 10.3. The van der Waals surface area contributed by atoms with E-state index < -0.39 is 0 Å². The molecule has 5 rings (SSSR count). The Bertz CT molecular complexity index is 1240. The second-order valence-corrected chi connectivity index (χ2v) is 8.13. The van der Waals surface area contributed by atoms with Crippen molar-refractivity contribution in [3.05, 3.63) is 95.3 Å². The van der Waals surface area contributed by atoms with E-state index in [1.165, 1.54) is 16.3 Å². The Kier molecular flexibility index (Phi) is 5.04. The fraction of sp³-hybridized carbons (Fsp3) is 0.231. The van der Waals surface area contributed by atoms with Crippen LogP contribution in [0.3, 0.4) is 0 Å². The van der Waals surface area contributed by atoms with E-state index in [-0.39, 0.29) is 11.9 Å². The van der Waals surface area contributed by atoms with Gasteiger partial charge in [-0.2, -0.15) is 5.10 Å². The molecule has 3 aromatic carbocycles. The van der Waals surface area contributed by atoms with Crippen molar-refractivity contribution in [3.8, 4) is 5.69 Å². The molecule has 1 atom stereocenters. The summed E-state index contributed by atoms with van der Waals surface area (Å²) in [5.41, 5.74) is 5.15. The highest BCUT2D eigenvalue weighted by atomic mass is 16.2. The molecule has 0 radical (unpaired) electrons. The summed E-state index contributed by atoms with van der Waals surface area (Å²) < 4.78 is 1.95. The zero-order chi connectivity index (χ0) is 21.4. The van der Waals surface area contributed by atoms with Crippen LogP contribution >= 0.6 is 0 Å². The van der Waals surface area contributed by atoms with E-state index in [4.69, 9.17) is 5.10 Å². The highest BCUT2D eigenvalue weighted by Gasteiger charge is 2.35. The van der Waals surface area contributed by atoms with Gasteiger partial charge in [-0.25, -0.2) is 4.68 Å². The molecule has 1 aliphatic rings. The molecule has 4 aromatic rings. The second kappa shape index (κ2) is 8.00. The van der Waals surface area contributed by atoms with E-state index in [9.17, 15) is 4.79 Å². The maximum Gasteiger partial charge on any atom is 0.242 e. The molecule has 1 aliphatic heterocycles. The fourth-order valence-corrected chi connectivity index (χ4v) is 4.72. The summed E-state index contributed by atoms with van der Waals surface area (Å²) in [4.78, 5) is 15.4. The molecule has 0 saturated carbocycles. The zero-order valence-corrected chi connectivity index (χ0v) is 17.9. The minimum atomic E-state index is -0.356. The smallest absolute Gasteiger partial charge is 0.242 e. The topological polar surface area (TPSA) is 50.2 Å². The van der Waals surface area contributed by atoms with Crippen LogP contribution in [0, 0.1) is 13.8 Å². The number of aromatic nitrogens is 2. The van der Waals surface area contributed by atoms with Crippen LogP contribution in [0.4, 0.5) is 0 Å². The number of aryl methyl sites for hydroxylation is 1. The third-order valence-electron chi connectivity index (χ3n) is 6.19. The molecule has 31 heavy (non-hydrogen) atoms. The summed E-state index contributed by atoms with van der Waals surface area (Å²) in [5.74, 6) is 0.0466. The monoisotopic (exact) mass is 410 g/mol. The molecule has 1 aromatic heterocycles. The van der Waals surface area contributed by atoms with Gasteiger partial charge < -0.3 is 5.32 Å². The molecular formula is C26H26N4O. The summed E-state index contributed by atoms with van der Waals surface area (Å²) >= 11 is 0. The SMILES string of the molecule is Cc1nn(-c2ccccc2)c(C)c1[C@@H]1C(=O)NCCN1Cc1cccc2ccccc12. The van der Waals surface area contributed by atoms with Gasteiger partial charge in [0.15, 0.2) is 0 Å².